The fourth-order valence-corrected chi connectivity index (χ4v) is 2.46. The number of hydrogen-bond acceptors (Lipinski definition) is 2. The van der Waals surface area contributed by atoms with Crippen LogP contribution in [0.5, 0.6) is 0 Å². The first-order valence-corrected chi connectivity index (χ1v) is 7.12. The molecule has 1 atom stereocenters. The highest BCUT2D eigenvalue weighted by atomic mass is 16.5. The molecule has 2 heteroatoms. The van der Waals surface area contributed by atoms with E-state index in [1.807, 2.05) is 26.0 Å². The van der Waals surface area contributed by atoms with Gasteiger partial charge in [-0.1, -0.05) is 39.0 Å². The Kier molecular flexibility index (Phi) is 4.67. The van der Waals surface area contributed by atoms with Gasteiger partial charge in [0, 0.05) is 17.4 Å². The zero-order chi connectivity index (χ0) is 14.7. The van der Waals surface area contributed by atoms with Gasteiger partial charge in [-0.25, -0.2) is 0 Å². The van der Waals surface area contributed by atoms with Crippen LogP contribution in [-0.4, -0.2) is 11.1 Å². The van der Waals surface area contributed by atoms with E-state index in [2.05, 4.69) is 45.9 Å². The van der Waals surface area contributed by atoms with Crippen LogP contribution >= 0.6 is 0 Å². The maximum atomic E-state index is 6.27. The summed E-state index contributed by atoms with van der Waals surface area (Å²) in [5.74, 6) is 0.934. The van der Waals surface area contributed by atoms with Crippen LogP contribution in [0.25, 0.3) is 0 Å². The smallest absolute Gasteiger partial charge is 0.117 e. The van der Waals surface area contributed by atoms with Crippen LogP contribution in [-0.2, 0) is 4.74 Å². The Morgan fingerprint density at radius 2 is 1.84 bits per heavy atom. The molecule has 0 bridgehead atoms. The quantitative estimate of drug-likeness (QED) is 0.801. The maximum Gasteiger partial charge on any atom is 0.117 e. The number of ether oxygens (including phenoxy) is 1. The fraction of sp³-hybridized carbons (Fsp3) is 0.647. The Morgan fingerprint density at radius 3 is 2.37 bits per heavy atom. The van der Waals surface area contributed by atoms with Gasteiger partial charge >= 0.3 is 0 Å². The first-order valence-electron chi connectivity index (χ1n) is 7.12. The molecule has 0 aromatic heterocycles. The molecule has 2 nitrogen and oxygen atoms in total. The van der Waals surface area contributed by atoms with Crippen molar-refractivity contribution in [3.05, 3.63) is 36.1 Å². The van der Waals surface area contributed by atoms with Crippen molar-refractivity contribution in [1.29, 1.82) is 0 Å². The van der Waals surface area contributed by atoms with Crippen molar-refractivity contribution in [3.8, 4) is 0 Å². The van der Waals surface area contributed by atoms with Gasteiger partial charge in [-0.15, -0.1) is 0 Å². The predicted octanol–water partition coefficient (Wildman–Crippen LogP) is 4.34. The lowest BCUT2D eigenvalue weighted by molar-refractivity contribution is -0.00190. The van der Waals surface area contributed by atoms with E-state index in [1.54, 1.807) is 0 Å². The van der Waals surface area contributed by atoms with Crippen LogP contribution in [0.3, 0.4) is 0 Å². The fourth-order valence-electron chi connectivity index (χ4n) is 2.46. The van der Waals surface area contributed by atoms with Gasteiger partial charge in [0.15, 0.2) is 0 Å². The maximum absolute atomic E-state index is 6.27. The first kappa shape index (κ1) is 16.0. The molecule has 0 aliphatic heterocycles. The minimum Gasteiger partial charge on any atom is -0.488 e. The molecule has 0 radical (unpaired) electrons. The van der Waals surface area contributed by atoms with Crippen molar-refractivity contribution in [3.63, 3.8) is 0 Å². The molecule has 2 N–H and O–H groups in total. The molecule has 0 amide bonds. The molecule has 0 aromatic rings. The summed E-state index contributed by atoms with van der Waals surface area (Å²) in [5, 5.41) is 0. The van der Waals surface area contributed by atoms with Gasteiger partial charge in [-0.05, 0) is 39.3 Å². The molecule has 1 aliphatic rings. The molecular weight excluding hydrogens is 234 g/mol. The third-order valence-corrected chi connectivity index (χ3v) is 3.35. The molecule has 1 aliphatic carbocycles. The average Bonchev–Trinajstić information content (AvgIpc) is 2.36. The van der Waals surface area contributed by atoms with Gasteiger partial charge in [0.05, 0.1) is 0 Å². The Labute approximate surface area is 118 Å². The van der Waals surface area contributed by atoms with Gasteiger partial charge < -0.3 is 10.5 Å². The van der Waals surface area contributed by atoms with Gasteiger partial charge in [-0.2, -0.15) is 0 Å². The van der Waals surface area contributed by atoms with E-state index >= 15 is 0 Å². The van der Waals surface area contributed by atoms with E-state index in [0.717, 1.165) is 18.6 Å². The summed E-state index contributed by atoms with van der Waals surface area (Å²) in [6.07, 6.45) is 12.2. The molecule has 0 aromatic carbocycles. The second-order valence-corrected chi connectivity index (χ2v) is 7.16. The zero-order valence-electron chi connectivity index (χ0n) is 13.3. The van der Waals surface area contributed by atoms with Gasteiger partial charge in [0.1, 0.15) is 11.4 Å². The van der Waals surface area contributed by atoms with E-state index < -0.39 is 0 Å². The summed E-state index contributed by atoms with van der Waals surface area (Å²) >= 11 is 0. The largest absolute Gasteiger partial charge is 0.488 e. The SMILES string of the molecule is CCC(C)(CC(C)(C)N)OC1=CC(C)(C)C=CC=C1. The van der Waals surface area contributed by atoms with Gasteiger partial charge in [0.2, 0.25) is 0 Å². The molecular formula is C17H29NO. The van der Waals surface area contributed by atoms with Crippen LogP contribution in [0.4, 0.5) is 0 Å². The van der Waals surface area contributed by atoms with E-state index in [4.69, 9.17) is 10.5 Å². The second kappa shape index (κ2) is 5.54. The van der Waals surface area contributed by atoms with E-state index in [0.29, 0.717) is 0 Å². The lowest BCUT2D eigenvalue weighted by Gasteiger charge is -2.36. The van der Waals surface area contributed by atoms with Crippen molar-refractivity contribution in [2.75, 3.05) is 0 Å². The molecule has 1 unspecified atom stereocenters. The van der Waals surface area contributed by atoms with Crippen LogP contribution in [0.2, 0.25) is 0 Å². The zero-order valence-corrected chi connectivity index (χ0v) is 13.3. The summed E-state index contributed by atoms with van der Waals surface area (Å²) in [5.41, 5.74) is 5.72. The minimum absolute atomic E-state index is 0.0196. The highest BCUT2D eigenvalue weighted by Crippen LogP contribution is 2.32. The lowest BCUT2D eigenvalue weighted by atomic mass is 9.87. The Balaban J connectivity index is 2.89. The second-order valence-electron chi connectivity index (χ2n) is 7.16. The molecule has 0 heterocycles. The Bertz CT molecular complexity index is 396. The summed E-state index contributed by atoms with van der Waals surface area (Å²) in [6, 6.07) is 0. The van der Waals surface area contributed by atoms with Crippen LogP contribution in [0.1, 0.15) is 54.4 Å². The normalized spacial score (nSPS) is 21.5. The highest BCUT2D eigenvalue weighted by molar-refractivity contribution is 5.27. The van der Waals surface area contributed by atoms with Crippen LogP contribution in [0.15, 0.2) is 36.1 Å². The third kappa shape index (κ3) is 5.65. The molecule has 19 heavy (non-hydrogen) atoms. The summed E-state index contributed by atoms with van der Waals surface area (Å²) in [6.45, 7) is 12.7. The van der Waals surface area contributed by atoms with E-state index in [9.17, 15) is 0 Å². The Hall–Kier alpha value is -1.02. The van der Waals surface area contributed by atoms with Crippen molar-refractivity contribution < 1.29 is 4.74 Å². The lowest BCUT2D eigenvalue weighted by Crippen LogP contribution is -2.43. The third-order valence-electron chi connectivity index (χ3n) is 3.35. The van der Waals surface area contributed by atoms with E-state index in [-0.39, 0.29) is 16.6 Å². The number of rotatable bonds is 5. The van der Waals surface area contributed by atoms with Crippen molar-refractivity contribution in [2.24, 2.45) is 11.1 Å². The summed E-state index contributed by atoms with van der Waals surface area (Å²) in [4.78, 5) is 0. The van der Waals surface area contributed by atoms with Gasteiger partial charge in [0.25, 0.3) is 0 Å². The van der Waals surface area contributed by atoms with E-state index in [1.165, 1.54) is 0 Å². The molecule has 0 saturated carbocycles. The molecule has 0 spiro atoms. The predicted molar refractivity (Wildman–Crippen MR) is 82.8 cm³/mol. The first-order chi connectivity index (χ1) is 8.55. The standard InChI is InChI=1S/C17H29NO/c1-7-17(6,13-16(4,5)18)19-14-10-8-9-11-15(2,3)12-14/h8-12H,7,13,18H2,1-6H3. The van der Waals surface area contributed by atoms with Gasteiger partial charge in [-0.3, -0.25) is 0 Å². The minimum atomic E-state index is -0.229. The number of allylic oxidation sites excluding steroid dienone is 5. The molecule has 0 saturated heterocycles. The average molecular weight is 263 g/mol. The number of nitrogens with two attached hydrogens (primary N) is 1. The van der Waals surface area contributed by atoms with Crippen molar-refractivity contribution in [1.82, 2.24) is 0 Å². The van der Waals surface area contributed by atoms with Crippen molar-refractivity contribution >= 4 is 0 Å². The molecule has 108 valence electrons. The van der Waals surface area contributed by atoms with Crippen molar-refractivity contribution in [2.45, 2.75) is 65.5 Å². The summed E-state index contributed by atoms with van der Waals surface area (Å²) < 4.78 is 6.27. The number of hydrogen-bond donors (Lipinski definition) is 1. The molecule has 0 fully saturated rings. The summed E-state index contributed by atoms with van der Waals surface area (Å²) in [7, 11) is 0. The van der Waals surface area contributed by atoms with Crippen LogP contribution < -0.4 is 5.73 Å². The molecule has 1 rings (SSSR count). The topological polar surface area (TPSA) is 35.2 Å². The van der Waals surface area contributed by atoms with Crippen LogP contribution in [0, 0.1) is 5.41 Å². The monoisotopic (exact) mass is 263 g/mol. The Morgan fingerprint density at radius 1 is 1.21 bits per heavy atom. The highest BCUT2D eigenvalue weighted by Gasteiger charge is 2.31.